The largest absolute Gasteiger partial charge is 0.424 e. The first-order chi connectivity index (χ1) is 9.88. The number of H-pyrrole nitrogens is 1. The van der Waals surface area contributed by atoms with Crippen molar-refractivity contribution in [2.75, 3.05) is 13.1 Å². The molecule has 2 aliphatic rings. The van der Waals surface area contributed by atoms with E-state index in [1.807, 2.05) is 6.20 Å². The van der Waals surface area contributed by atoms with E-state index in [1.54, 1.807) is 0 Å². The molecule has 2 fully saturated rings. The molecule has 1 atom stereocenters. The van der Waals surface area contributed by atoms with Gasteiger partial charge >= 0.3 is 0 Å². The summed E-state index contributed by atoms with van der Waals surface area (Å²) in [5.41, 5.74) is 1.24. The summed E-state index contributed by atoms with van der Waals surface area (Å²) < 4.78 is 5.75. The summed E-state index contributed by atoms with van der Waals surface area (Å²) in [4.78, 5) is 2.40. The summed E-state index contributed by atoms with van der Waals surface area (Å²) in [7, 11) is 0. The van der Waals surface area contributed by atoms with Crippen LogP contribution in [0.3, 0.4) is 0 Å². The van der Waals surface area contributed by atoms with E-state index in [4.69, 9.17) is 4.42 Å². The molecule has 6 heteroatoms. The molecule has 106 valence electrons. The number of aromatic amines is 1. The van der Waals surface area contributed by atoms with Gasteiger partial charge in [-0.25, -0.2) is 0 Å². The minimum atomic E-state index is 0.537. The minimum Gasteiger partial charge on any atom is -0.424 e. The predicted molar refractivity (Wildman–Crippen MR) is 72.1 cm³/mol. The number of aromatic nitrogens is 4. The summed E-state index contributed by atoms with van der Waals surface area (Å²) in [5.74, 6) is 2.67. The van der Waals surface area contributed by atoms with E-state index in [0.29, 0.717) is 11.8 Å². The third-order valence-corrected chi connectivity index (χ3v) is 4.24. The van der Waals surface area contributed by atoms with Gasteiger partial charge in [0.1, 0.15) is 0 Å². The highest BCUT2D eigenvalue weighted by molar-refractivity contribution is 5.07. The number of likely N-dealkylation sites (tertiary alicyclic amines) is 1. The highest BCUT2D eigenvalue weighted by Crippen LogP contribution is 2.39. The van der Waals surface area contributed by atoms with Gasteiger partial charge in [0.2, 0.25) is 11.8 Å². The standard InChI is InChI=1S/C14H19N5O/c1-2-11(12-5-6-15-16-12)8-19(7-1)9-13-17-18-14(20-13)10-3-4-10/h5-6,10-11H,1-4,7-9H2,(H,15,16)/t11-/m0/s1. The molecule has 4 rings (SSSR count). The molecule has 1 aliphatic heterocycles. The molecule has 0 spiro atoms. The van der Waals surface area contributed by atoms with Gasteiger partial charge in [0.15, 0.2) is 0 Å². The highest BCUT2D eigenvalue weighted by Gasteiger charge is 2.30. The molecule has 20 heavy (non-hydrogen) atoms. The van der Waals surface area contributed by atoms with E-state index >= 15 is 0 Å². The average molecular weight is 273 g/mol. The first-order valence-corrected chi connectivity index (χ1v) is 7.42. The Hall–Kier alpha value is -1.69. The van der Waals surface area contributed by atoms with Crippen LogP contribution >= 0.6 is 0 Å². The lowest BCUT2D eigenvalue weighted by atomic mass is 9.95. The van der Waals surface area contributed by atoms with E-state index < -0.39 is 0 Å². The summed E-state index contributed by atoms with van der Waals surface area (Å²) in [6.45, 7) is 2.90. The van der Waals surface area contributed by atoms with Gasteiger partial charge in [0.05, 0.1) is 6.54 Å². The van der Waals surface area contributed by atoms with Crippen molar-refractivity contribution in [2.24, 2.45) is 0 Å². The zero-order valence-electron chi connectivity index (χ0n) is 11.5. The smallest absolute Gasteiger partial charge is 0.230 e. The van der Waals surface area contributed by atoms with Crippen molar-refractivity contribution in [3.8, 4) is 0 Å². The molecule has 6 nitrogen and oxygen atoms in total. The quantitative estimate of drug-likeness (QED) is 0.923. The first-order valence-electron chi connectivity index (χ1n) is 7.42. The van der Waals surface area contributed by atoms with Gasteiger partial charge in [-0.05, 0) is 38.3 Å². The number of rotatable bonds is 4. The molecule has 0 amide bonds. The molecule has 3 heterocycles. The summed E-state index contributed by atoms with van der Waals surface area (Å²) in [6.07, 6.45) is 6.65. The van der Waals surface area contributed by atoms with Gasteiger partial charge in [0.25, 0.3) is 0 Å². The van der Waals surface area contributed by atoms with E-state index in [0.717, 1.165) is 31.4 Å². The molecule has 1 saturated carbocycles. The maximum absolute atomic E-state index is 5.75. The lowest BCUT2D eigenvalue weighted by molar-refractivity contribution is 0.181. The fourth-order valence-corrected chi connectivity index (χ4v) is 2.96. The molecule has 0 aromatic carbocycles. The Balaban J connectivity index is 1.40. The van der Waals surface area contributed by atoms with Gasteiger partial charge in [0, 0.05) is 30.3 Å². The Bertz CT molecular complexity index is 560. The first kappa shape index (κ1) is 12.1. The zero-order chi connectivity index (χ0) is 13.4. The normalized spacial score (nSPS) is 24.1. The monoisotopic (exact) mass is 273 g/mol. The van der Waals surface area contributed by atoms with Crippen LogP contribution in [-0.4, -0.2) is 38.4 Å². The summed E-state index contributed by atoms with van der Waals surface area (Å²) in [6, 6.07) is 2.08. The zero-order valence-corrected chi connectivity index (χ0v) is 11.5. The summed E-state index contributed by atoms with van der Waals surface area (Å²) in [5, 5.41) is 15.5. The molecule has 2 aromatic heterocycles. The van der Waals surface area contributed by atoms with Crippen molar-refractivity contribution in [1.82, 2.24) is 25.3 Å². The van der Waals surface area contributed by atoms with Crippen LogP contribution in [0, 0.1) is 0 Å². The lowest BCUT2D eigenvalue weighted by Crippen LogP contribution is -2.34. The summed E-state index contributed by atoms with van der Waals surface area (Å²) >= 11 is 0. The molecule has 0 bridgehead atoms. The highest BCUT2D eigenvalue weighted by atomic mass is 16.4. The van der Waals surface area contributed by atoms with E-state index in [1.165, 1.54) is 31.4 Å². The molecule has 0 unspecified atom stereocenters. The van der Waals surface area contributed by atoms with Gasteiger partial charge in [-0.1, -0.05) is 0 Å². The van der Waals surface area contributed by atoms with Gasteiger partial charge in [-0.3, -0.25) is 10.00 Å². The Morgan fingerprint density at radius 1 is 1.25 bits per heavy atom. The van der Waals surface area contributed by atoms with Crippen LogP contribution in [0.2, 0.25) is 0 Å². The van der Waals surface area contributed by atoms with Crippen molar-refractivity contribution in [3.63, 3.8) is 0 Å². The topological polar surface area (TPSA) is 70.8 Å². The van der Waals surface area contributed by atoms with Crippen molar-refractivity contribution in [1.29, 1.82) is 0 Å². The van der Waals surface area contributed by atoms with Gasteiger partial charge < -0.3 is 4.42 Å². The number of hydrogen-bond acceptors (Lipinski definition) is 5. The maximum atomic E-state index is 5.75. The van der Waals surface area contributed by atoms with Crippen LogP contribution in [0.1, 0.15) is 55.0 Å². The van der Waals surface area contributed by atoms with E-state index in [2.05, 4.69) is 31.4 Å². The Morgan fingerprint density at radius 2 is 2.20 bits per heavy atom. The van der Waals surface area contributed by atoms with Crippen molar-refractivity contribution >= 4 is 0 Å². The van der Waals surface area contributed by atoms with Crippen LogP contribution < -0.4 is 0 Å². The van der Waals surface area contributed by atoms with Crippen LogP contribution in [0.25, 0.3) is 0 Å². The van der Waals surface area contributed by atoms with Crippen LogP contribution in [-0.2, 0) is 6.54 Å². The van der Waals surface area contributed by atoms with Crippen LogP contribution in [0.15, 0.2) is 16.7 Å². The third-order valence-electron chi connectivity index (χ3n) is 4.24. The Kier molecular flexibility index (Phi) is 3.03. The Morgan fingerprint density at radius 3 is 3.00 bits per heavy atom. The molecule has 2 aromatic rings. The third kappa shape index (κ3) is 2.47. The van der Waals surface area contributed by atoms with Crippen LogP contribution in [0.5, 0.6) is 0 Å². The van der Waals surface area contributed by atoms with Gasteiger partial charge in [-0.15, -0.1) is 10.2 Å². The predicted octanol–water partition coefficient (Wildman–Crippen LogP) is 2.05. The molecular formula is C14H19N5O. The Labute approximate surface area is 117 Å². The molecule has 1 aliphatic carbocycles. The SMILES string of the molecule is c1cc([C@H]2CCCN(Cc3nnc(C4CC4)o3)C2)[nH]n1. The van der Waals surface area contributed by atoms with Crippen molar-refractivity contribution in [3.05, 3.63) is 29.7 Å². The van der Waals surface area contributed by atoms with Crippen LogP contribution in [0.4, 0.5) is 0 Å². The minimum absolute atomic E-state index is 0.537. The molecule has 1 saturated heterocycles. The van der Waals surface area contributed by atoms with E-state index in [-0.39, 0.29) is 0 Å². The molecular weight excluding hydrogens is 254 g/mol. The second kappa shape index (κ2) is 5.01. The molecule has 0 radical (unpaired) electrons. The second-order valence-electron chi connectivity index (χ2n) is 5.89. The molecule has 1 N–H and O–H groups in total. The second-order valence-corrected chi connectivity index (χ2v) is 5.89. The van der Waals surface area contributed by atoms with Gasteiger partial charge in [-0.2, -0.15) is 5.10 Å². The lowest BCUT2D eigenvalue weighted by Gasteiger charge is -2.31. The number of piperidine rings is 1. The van der Waals surface area contributed by atoms with Crippen molar-refractivity contribution < 1.29 is 4.42 Å². The number of nitrogens with one attached hydrogen (secondary N) is 1. The maximum Gasteiger partial charge on any atom is 0.230 e. The number of hydrogen-bond donors (Lipinski definition) is 1. The number of nitrogens with zero attached hydrogens (tertiary/aromatic N) is 4. The fourth-order valence-electron chi connectivity index (χ4n) is 2.96. The average Bonchev–Trinajstić information content (AvgIpc) is 3.00. The van der Waals surface area contributed by atoms with Crippen molar-refractivity contribution in [2.45, 2.75) is 44.1 Å². The van der Waals surface area contributed by atoms with E-state index in [9.17, 15) is 0 Å². The fraction of sp³-hybridized carbons (Fsp3) is 0.643.